The van der Waals surface area contributed by atoms with Crippen molar-refractivity contribution in [1.82, 2.24) is 25.4 Å². The number of carbonyl (C=O) groups is 8. The maximum absolute atomic E-state index is 12.1. The second-order valence-corrected chi connectivity index (χ2v) is 12.4. The Kier molecular flexibility index (Phi) is 22.8. The number of hydrogen-bond acceptors (Lipinski definition) is 11. The van der Waals surface area contributed by atoms with Crippen LogP contribution >= 0.6 is 0 Å². The number of imide groups is 1. The van der Waals surface area contributed by atoms with Gasteiger partial charge in [0.1, 0.15) is 11.6 Å². The highest BCUT2D eigenvalue weighted by atomic mass is 16.5. The lowest BCUT2D eigenvalue weighted by Gasteiger charge is -2.15. The molecule has 0 saturated heterocycles. The smallest absolute Gasteiger partial charge is 0.253 e. The van der Waals surface area contributed by atoms with Crippen molar-refractivity contribution in [2.24, 2.45) is 0 Å². The molecule has 0 spiro atoms. The van der Waals surface area contributed by atoms with Crippen molar-refractivity contribution in [2.75, 3.05) is 32.7 Å². The quantitative estimate of drug-likeness (QED) is 0.0383. The molecule has 0 saturated carbocycles. The average Bonchev–Trinajstić information content (AvgIpc) is 3.41. The predicted octanol–water partition coefficient (Wildman–Crippen LogP) is 2.86. The minimum Gasteiger partial charge on any atom is -0.356 e. The van der Waals surface area contributed by atoms with Crippen molar-refractivity contribution in [3.05, 3.63) is 12.2 Å². The van der Waals surface area contributed by atoms with Gasteiger partial charge in [0, 0.05) is 96.7 Å². The van der Waals surface area contributed by atoms with Gasteiger partial charge in [0.05, 0.1) is 0 Å². The normalized spacial score (nSPS) is 12.3. The van der Waals surface area contributed by atoms with Crippen LogP contribution in [0.5, 0.6) is 0 Å². The van der Waals surface area contributed by atoms with Gasteiger partial charge in [-0.05, 0) is 44.9 Å². The third-order valence-electron chi connectivity index (χ3n) is 8.16. The van der Waals surface area contributed by atoms with E-state index in [1.165, 1.54) is 19.1 Å². The van der Waals surface area contributed by atoms with Crippen molar-refractivity contribution >= 4 is 47.0 Å². The van der Waals surface area contributed by atoms with E-state index in [-0.39, 0.29) is 75.8 Å². The highest BCUT2D eigenvalue weighted by molar-refractivity contribution is 6.13. The molecule has 0 unspecified atom stereocenters. The Hall–Kier alpha value is -4.02. The lowest BCUT2D eigenvalue weighted by atomic mass is 10.1. The van der Waals surface area contributed by atoms with Crippen molar-refractivity contribution in [3.63, 3.8) is 0 Å². The third kappa shape index (κ3) is 20.5. The third-order valence-corrected chi connectivity index (χ3v) is 8.16. The molecule has 16 heteroatoms. The number of Topliss-reactive ketones (excluding diaryl/α,β-unsaturated/α-hetero) is 2. The lowest BCUT2D eigenvalue weighted by molar-refractivity contribution is -0.166. The van der Waals surface area contributed by atoms with Gasteiger partial charge in [-0.25, -0.2) is 15.2 Å². The number of unbranched alkanes of at least 4 members (excludes halogenated alkanes) is 8. The summed E-state index contributed by atoms with van der Waals surface area (Å²) in [5.41, 5.74) is 0. The first-order valence-corrected chi connectivity index (χ1v) is 17.6. The Bertz CT molecular complexity index is 1160. The van der Waals surface area contributed by atoms with E-state index < -0.39 is 29.5 Å². The highest BCUT2D eigenvalue weighted by Gasteiger charge is 2.23. The molecule has 0 fully saturated rings. The molecule has 0 aromatic rings. The molecule has 0 atom stereocenters. The van der Waals surface area contributed by atoms with Crippen LogP contribution in [0.1, 0.15) is 122 Å². The van der Waals surface area contributed by atoms with E-state index in [4.69, 9.17) is 0 Å². The number of nitrogens with one attached hydrogen (secondary N) is 1. The van der Waals surface area contributed by atoms with Crippen LogP contribution < -0.4 is 5.32 Å². The molecule has 0 aliphatic carbocycles. The predicted molar refractivity (Wildman–Crippen MR) is 178 cm³/mol. The molecule has 1 aliphatic heterocycles. The zero-order valence-electron chi connectivity index (χ0n) is 29.3. The second-order valence-electron chi connectivity index (χ2n) is 12.4. The first kappa shape index (κ1) is 44.0. The van der Waals surface area contributed by atoms with E-state index in [2.05, 4.69) is 5.32 Å². The number of nitrogens with zero attached hydrogens (tertiary/aromatic N) is 4. The summed E-state index contributed by atoms with van der Waals surface area (Å²) >= 11 is 0. The molecule has 0 aromatic heterocycles. The SMILES string of the molecule is CC(=O)N(O)CCCCCCC(=O)CCC(=O)N(O)CCCCCNC(=O)CCC(=O)N(O)CCCCCCC(=O)CCN1C(=O)C=CC1=O. The summed E-state index contributed by atoms with van der Waals surface area (Å²) in [4.78, 5) is 95.2. The summed E-state index contributed by atoms with van der Waals surface area (Å²) in [6.45, 7) is 2.17. The van der Waals surface area contributed by atoms with E-state index in [0.29, 0.717) is 92.4 Å². The Morgan fingerprint density at radius 1 is 0.560 bits per heavy atom. The molecule has 4 N–H and O–H groups in total. The van der Waals surface area contributed by atoms with Crippen LogP contribution in [0.4, 0.5) is 0 Å². The van der Waals surface area contributed by atoms with Crippen LogP contribution in [0.3, 0.4) is 0 Å². The molecular formula is C34H55N5O11. The molecular weight excluding hydrogens is 654 g/mol. The number of carbonyl (C=O) groups excluding carboxylic acids is 8. The molecule has 6 amide bonds. The average molecular weight is 710 g/mol. The molecule has 0 radical (unpaired) electrons. The molecule has 16 nitrogen and oxygen atoms in total. The molecule has 1 aliphatic rings. The van der Waals surface area contributed by atoms with Gasteiger partial charge in [0.25, 0.3) is 11.8 Å². The number of hydroxylamine groups is 6. The standard InChI is InChI=1S/C34H55N5O11/c1-27(40)37(48)23-10-4-2-7-13-28(41)15-17-33(46)38(49)25-12-6-9-22-35-30(43)16-18-34(47)39(50)24-11-5-3-8-14-29(42)21-26-36-31(44)19-20-32(36)45/h19-20,48-50H,2-18,21-26H2,1H3,(H,35,43). The van der Waals surface area contributed by atoms with Crippen LogP contribution in [0.15, 0.2) is 12.2 Å². The minimum atomic E-state index is -0.567. The van der Waals surface area contributed by atoms with Gasteiger partial charge in [-0.1, -0.05) is 25.7 Å². The van der Waals surface area contributed by atoms with Crippen LogP contribution in [-0.2, 0) is 38.4 Å². The van der Waals surface area contributed by atoms with E-state index >= 15 is 0 Å². The number of rotatable bonds is 29. The van der Waals surface area contributed by atoms with Gasteiger partial charge in [0.15, 0.2) is 0 Å². The Balaban J connectivity index is 1.99. The maximum Gasteiger partial charge on any atom is 0.253 e. The van der Waals surface area contributed by atoms with Gasteiger partial charge < -0.3 is 5.32 Å². The molecule has 50 heavy (non-hydrogen) atoms. The van der Waals surface area contributed by atoms with Crippen LogP contribution in [0, 0.1) is 0 Å². The molecule has 1 heterocycles. The van der Waals surface area contributed by atoms with Gasteiger partial charge in [-0.2, -0.15) is 0 Å². The van der Waals surface area contributed by atoms with Crippen molar-refractivity contribution in [1.29, 1.82) is 0 Å². The Labute approximate surface area is 293 Å². The summed E-state index contributed by atoms with van der Waals surface area (Å²) in [7, 11) is 0. The van der Waals surface area contributed by atoms with Gasteiger partial charge in [-0.15, -0.1) is 0 Å². The summed E-state index contributed by atoms with van der Waals surface area (Å²) in [6.07, 6.45) is 9.96. The van der Waals surface area contributed by atoms with Gasteiger partial charge in [-0.3, -0.25) is 58.9 Å². The van der Waals surface area contributed by atoms with Crippen LogP contribution in [0.25, 0.3) is 0 Å². The zero-order valence-corrected chi connectivity index (χ0v) is 29.3. The fraction of sp³-hybridized carbons (Fsp3) is 0.706. The maximum atomic E-state index is 12.1. The van der Waals surface area contributed by atoms with Crippen LogP contribution in [0.2, 0.25) is 0 Å². The molecule has 1 rings (SSSR count). The van der Waals surface area contributed by atoms with Gasteiger partial charge >= 0.3 is 0 Å². The van der Waals surface area contributed by atoms with Crippen molar-refractivity contribution < 1.29 is 54.0 Å². The van der Waals surface area contributed by atoms with Crippen LogP contribution in [-0.4, -0.2) is 115 Å². The van der Waals surface area contributed by atoms with E-state index in [1.54, 1.807) is 0 Å². The Morgan fingerprint density at radius 3 is 1.52 bits per heavy atom. The topological polar surface area (TPSA) is 222 Å². The van der Waals surface area contributed by atoms with E-state index in [0.717, 1.165) is 17.7 Å². The Morgan fingerprint density at radius 2 is 1.00 bits per heavy atom. The number of hydrogen-bond donors (Lipinski definition) is 4. The summed E-state index contributed by atoms with van der Waals surface area (Å²) < 4.78 is 0. The second kappa shape index (κ2) is 25.9. The number of amides is 6. The first-order chi connectivity index (χ1) is 23.8. The fourth-order valence-corrected chi connectivity index (χ4v) is 5.02. The molecule has 282 valence electrons. The summed E-state index contributed by atoms with van der Waals surface area (Å²) in [6, 6.07) is 0. The van der Waals surface area contributed by atoms with Crippen molar-refractivity contribution in [3.8, 4) is 0 Å². The van der Waals surface area contributed by atoms with E-state index in [1.807, 2.05) is 0 Å². The van der Waals surface area contributed by atoms with Gasteiger partial charge in [0.2, 0.25) is 23.6 Å². The van der Waals surface area contributed by atoms with Crippen molar-refractivity contribution in [2.45, 2.75) is 122 Å². The highest BCUT2D eigenvalue weighted by Crippen LogP contribution is 2.10. The minimum absolute atomic E-state index is 0.0403. The number of ketones is 2. The lowest BCUT2D eigenvalue weighted by Crippen LogP contribution is -2.32. The van der Waals surface area contributed by atoms with E-state index in [9.17, 15) is 54.0 Å². The zero-order chi connectivity index (χ0) is 37.3. The summed E-state index contributed by atoms with van der Waals surface area (Å²) in [5, 5.41) is 33.8. The summed E-state index contributed by atoms with van der Waals surface area (Å²) in [5.74, 6) is -2.77. The first-order valence-electron chi connectivity index (χ1n) is 17.6. The monoisotopic (exact) mass is 709 g/mol. The molecule has 0 bridgehead atoms. The largest absolute Gasteiger partial charge is 0.356 e. The molecule has 0 aromatic carbocycles. The fourth-order valence-electron chi connectivity index (χ4n) is 5.02.